The average Bonchev–Trinajstić information content (AvgIpc) is 2.77. The SMILES string of the molecule is CCc1nn(CC)c(CC(N)Cc2ccccc2Cl)c1Cl. The second-order valence-corrected chi connectivity index (χ2v) is 5.92. The van der Waals surface area contributed by atoms with Crippen molar-refractivity contribution < 1.29 is 0 Å². The monoisotopic (exact) mass is 325 g/mol. The van der Waals surface area contributed by atoms with E-state index in [1.165, 1.54) is 0 Å². The fourth-order valence-electron chi connectivity index (χ4n) is 2.48. The standard InChI is InChI=1S/C16H21Cl2N3/c1-3-14-16(18)15(21(4-2)20-14)10-12(19)9-11-7-5-6-8-13(11)17/h5-8,12H,3-4,9-10,19H2,1-2H3. The van der Waals surface area contributed by atoms with Gasteiger partial charge in [0.15, 0.2) is 0 Å². The van der Waals surface area contributed by atoms with Crippen LogP contribution in [0.15, 0.2) is 24.3 Å². The van der Waals surface area contributed by atoms with Gasteiger partial charge in [0, 0.05) is 24.0 Å². The summed E-state index contributed by atoms with van der Waals surface area (Å²) in [6.07, 6.45) is 2.26. The number of benzene rings is 1. The molecule has 2 N–H and O–H groups in total. The van der Waals surface area contributed by atoms with Gasteiger partial charge in [0.1, 0.15) is 0 Å². The van der Waals surface area contributed by atoms with E-state index in [2.05, 4.69) is 18.9 Å². The van der Waals surface area contributed by atoms with E-state index in [9.17, 15) is 0 Å². The highest BCUT2D eigenvalue weighted by Crippen LogP contribution is 2.24. The Kier molecular flexibility index (Phi) is 5.68. The number of nitrogens with zero attached hydrogens (tertiary/aromatic N) is 2. The van der Waals surface area contributed by atoms with Crippen LogP contribution >= 0.6 is 23.2 Å². The summed E-state index contributed by atoms with van der Waals surface area (Å²) in [5.74, 6) is 0. The molecule has 21 heavy (non-hydrogen) atoms. The van der Waals surface area contributed by atoms with Crippen molar-refractivity contribution in [3.05, 3.63) is 51.3 Å². The van der Waals surface area contributed by atoms with Crippen molar-refractivity contribution in [1.82, 2.24) is 9.78 Å². The molecule has 0 saturated carbocycles. The van der Waals surface area contributed by atoms with Crippen LogP contribution < -0.4 is 5.73 Å². The van der Waals surface area contributed by atoms with Crippen LogP contribution in [0.5, 0.6) is 0 Å². The molecule has 5 heteroatoms. The molecule has 0 fully saturated rings. The van der Waals surface area contributed by atoms with Gasteiger partial charge in [-0.2, -0.15) is 5.10 Å². The van der Waals surface area contributed by atoms with Gasteiger partial charge in [-0.3, -0.25) is 4.68 Å². The Morgan fingerprint density at radius 2 is 1.90 bits per heavy atom. The van der Waals surface area contributed by atoms with E-state index in [0.717, 1.165) is 46.4 Å². The first kappa shape index (κ1) is 16.3. The third kappa shape index (κ3) is 3.79. The number of aromatic nitrogens is 2. The minimum absolute atomic E-state index is 0.0332. The lowest BCUT2D eigenvalue weighted by Crippen LogP contribution is -2.27. The van der Waals surface area contributed by atoms with Crippen LogP contribution in [-0.2, 0) is 25.8 Å². The van der Waals surface area contributed by atoms with Crippen molar-refractivity contribution >= 4 is 23.2 Å². The highest BCUT2D eigenvalue weighted by Gasteiger charge is 2.17. The van der Waals surface area contributed by atoms with Gasteiger partial charge in [0.25, 0.3) is 0 Å². The van der Waals surface area contributed by atoms with Crippen LogP contribution in [0.3, 0.4) is 0 Å². The van der Waals surface area contributed by atoms with E-state index in [4.69, 9.17) is 28.9 Å². The molecule has 1 atom stereocenters. The second-order valence-electron chi connectivity index (χ2n) is 5.14. The van der Waals surface area contributed by atoms with Gasteiger partial charge in [0.2, 0.25) is 0 Å². The summed E-state index contributed by atoms with van der Waals surface area (Å²) in [6.45, 7) is 4.92. The minimum atomic E-state index is -0.0332. The van der Waals surface area contributed by atoms with Crippen LogP contribution in [0.1, 0.15) is 30.8 Å². The van der Waals surface area contributed by atoms with Gasteiger partial charge >= 0.3 is 0 Å². The van der Waals surface area contributed by atoms with E-state index in [-0.39, 0.29) is 6.04 Å². The molecule has 0 saturated heterocycles. The first-order valence-corrected chi connectivity index (χ1v) is 8.05. The Morgan fingerprint density at radius 1 is 1.19 bits per heavy atom. The van der Waals surface area contributed by atoms with Crippen molar-refractivity contribution in [2.45, 2.75) is 45.7 Å². The molecule has 1 unspecified atom stereocenters. The lowest BCUT2D eigenvalue weighted by Gasteiger charge is -2.14. The molecular weight excluding hydrogens is 305 g/mol. The van der Waals surface area contributed by atoms with Gasteiger partial charge < -0.3 is 5.73 Å². The molecule has 1 aromatic carbocycles. The Morgan fingerprint density at radius 3 is 2.52 bits per heavy atom. The Bertz CT molecular complexity index is 608. The normalized spacial score (nSPS) is 12.6. The lowest BCUT2D eigenvalue weighted by molar-refractivity contribution is 0.573. The molecule has 2 rings (SSSR count). The highest BCUT2D eigenvalue weighted by molar-refractivity contribution is 6.32. The van der Waals surface area contributed by atoms with E-state index in [1.807, 2.05) is 28.9 Å². The first-order valence-electron chi connectivity index (χ1n) is 7.29. The van der Waals surface area contributed by atoms with Crippen molar-refractivity contribution in [2.75, 3.05) is 0 Å². The van der Waals surface area contributed by atoms with Gasteiger partial charge in [-0.05, 0) is 31.4 Å². The molecule has 0 amide bonds. The van der Waals surface area contributed by atoms with Crippen molar-refractivity contribution in [3.8, 4) is 0 Å². The number of rotatable bonds is 6. The van der Waals surface area contributed by atoms with Crippen LogP contribution in [0, 0.1) is 0 Å². The lowest BCUT2D eigenvalue weighted by atomic mass is 10.0. The third-order valence-electron chi connectivity index (χ3n) is 3.59. The van der Waals surface area contributed by atoms with Gasteiger partial charge in [-0.15, -0.1) is 0 Å². The smallest absolute Gasteiger partial charge is 0.0850 e. The maximum absolute atomic E-state index is 6.42. The van der Waals surface area contributed by atoms with E-state index < -0.39 is 0 Å². The molecule has 1 heterocycles. The topological polar surface area (TPSA) is 43.8 Å². The minimum Gasteiger partial charge on any atom is -0.327 e. The molecule has 0 aliphatic heterocycles. The molecule has 0 aliphatic rings. The Labute approximate surface area is 136 Å². The fourth-order valence-corrected chi connectivity index (χ4v) is 3.04. The summed E-state index contributed by atoms with van der Waals surface area (Å²) in [5.41, 5.74) is 9.33. The zero-order valence-electron chi connectivity index (χ0n) is 12.4. The second kappa shape index (κ2) is 7.30. The average molecular weight is 326 g/mol. The quantitative estimate of drug-likeness (QED) is 0.875. The van der Waals surface area contributed by atoms with Gasteiger partial charge in [0.05, 0.1) is 16.4 Å². The van der Waals surface area contributed by atoms with Crippen LogP contribution in [-0.4, -0.2) is 15.8 Å². The summed E-state index contributed by atoms with van der Waals surface area (Å²) >= 11 is 12.6. The van der Waals surface area contributed by atoms with Crippen LogP contribution in [0.25, 0.3) is 0 Å². The number of hydrogen-bond acceptors (Lipinski definition) is 2. The summed E-state index contributed by atoms with van der Waals surface area (Å²) in [6, 6.07) is 7.77. The maximum Gasteiger partial charge on any atom is 0.0850 e. The van der Waals surface area contributed by atoms with Gasteiger partial charge in [-0.25, -0.2) is 0 Å². The number of aryl methyl sites for hydroxylation is 2. The maximum atomic E-state index is 6.42. The van der Waals surface area contributed by atoms with E-state index in [1.54, 1.807) is 0 Å². The summed E-state index contributed by atoms with van der Waals surface area (Å²) in [7, 11) is 0. The largest absolute Gasteiger partial charge is 0.327 e. The van der Waals surface area contributed by atoms with E-state index in [0.29, 0.717) is 6.42 Å². The molecule has 0 bridgehead atoms. The molecule has 1 aromatic heterocycles. The number of hydrogen-bond donors (Lipinski definition) is 1. The molecule has 3 nitrogen and oxygen atoms in total. The third-order valence-corrected chi connectivity index (χ3v) is 4.39. The van der Waals surface area contributed by atoms with Gasteiger partial charge in [-0.1, -0.05) is 48.3 Å². The van der Waals surface area contributed by atoms with Crippen molar-refractivity contribution in [2.24, 2.45) is 5.73 Å². The van der Waals surface area contributed by atoms with Crippen LogP contribution in [0.2, 0.25) is 10.0 Å². The molecule has 0 aliphatic carbocycles. The Balaban J connectivity index is 2.14. The van der Waals surface area contributed by atoms with Crippen molar-refractivity contribution in [1.29, 1.82) is 0 Å². The highest BCUT2D eigenvalue weighted by atomic mass is 35.5. The number of nitrogens with two attached hydrogens (primary N) is 1. The molecule has 2 aromatic rings. The zero-order chi connectivity index (χ0) is 15.4. The van der Waals surface area contributed by atoms with Crippen LogP contribution in [0.4, 0.5) is 0 Å². The number of halogens is 2. The summed E-state index contributed by atoms with van der Waals surface area (Å²) in [4.78, 5) is 0. The fraction of sp³-hybridized carbons (Fsp3) is 0.438. The predicted molar refractivity (Wildman–Crippen MR) is 89.1 cm³/mol. The first-order chi connectivity index (χ1) is 10.1. The Hall–Kier alpha value is -1.03. The van der Waals surface area contributed by atoms with Crippen molar-refractivity contribution in [3.63, 3.8) is 0 Å². The predicted octanol–water partition coefficient (Wildman–Crippen LogP) is 3.88. The summed E-state index contributed by atoms with van der Waals surface area (Å²) < 4.78 is 1.95. The molecule has 0 spiro atoms. The summed E-state index contributed by atoms with van der Waals surface area (Å²) in [5, 5.41) is 6.05. The molecule has 0 radical (unpaired) electrons. The molecule has 114 valence electrons. The molecular formula is C16H21Cl2N3. The van der Waals surface area contributed by atoms with E-state index >= 15 is 0 Å². The zero-order valence-corrected chi connectivity index (χ0v) is 14.0.